The first kappa shape index (κ1) is 13.7. The topological polar surface area (TPSA) is 18.5 Å². The van der Waals surface area contributed by atoms with E-state index in [1.54, 1.807) is 14.2 Å². The van der Waals surface area contributed by atoms with Crippen molar-refractivity contribution in [2.24, 2.45) is 0 Å². The number of benzene rings is 2. The summed E-state index contributed by atoms with van der Waals surface area (Å²) >= 11 is 3.44. The van der Waals surface area contributed by atoms with Crippen LogP contribution in [0.5, 0.6) is 11.5 Å². The third kappa shape index (κ3) is 3.18. The third-order valence-corrected chi connectivity index (χ3v) is 3.33. The molecule has 0 aliphatic rings. The molecule has 0 atom stereocenters. The Kier molecular flexibility index (Phi) is 4.63. The van der Waals surface area contributed by atoms with Crippen LogP contribution in [0.3, 0.4) is 0 Å². The maximum Gasteiger partial charge on any atom is 0.119 e. The summed E-state index contributed by atoms with van der Waals surface area (Å²) in [5.41, 5.74) is 3.26. The predicted molar refractivity (Wildman–Crippen MR) is 82.0 cm³/mol. The summed E-state index contributed by atoms with van der Waals surface area (Å²) in [6.07, 6.45) is 0. The lowest BCUT2D eigenvalue weighted by atomic mass is 9.99. The maximum absolute atomic E-state index is 5.26. The quantitative estimate of drug-likeness (QED) is 0.827. The number of methoxy groups -OCH3 is 2. The molecule has 3 heteroatoms. The van der Waals surface area contributed by atoms with Gasteiger partial charge in [0.25, 0.3) is 0 Å². The van der Waals surface area contributed by atoms with Crippen LogP contribution in [0.25, 0.3) is 5.57 Å². The van der Waals surface area contributed by atoms with Gasteiger partial charge in [-0.25, -0.2) is 0 Å². The fourth-order valence-electron chi connectivity index (χ4n) is 1.87. The van der Waals surface area contributed by atoms with Crippen molar-refractivity contribution in [2.45, 2.75) is 0 Å². The van der Waals surface area contributed by atoms with Gasteiger partial charge in [-0.3, -0.25) is 0 Å². The van der Waals surface area contributed by atoms with E-state index in [1.807, 2.05) is 41.4 Å². The zero-order valence-electron chi connectivity index (χ0n) is 10.9. The maximum atomic E-state index is 5.26. The Labute approximate surface area is 121 Å². The van der Waals surface area contributed by atoms with Gasteiger partial charge in [-0.1, -0.05) is 40.2 Å². The van der Waals surface area contributed by atoms with E-state index in [1.165, 1.54) is 0 Å². The van der Waals surface area contributed by atoms with Crippen LogP contribution >= 0.6 is 15.9 Å². The molecule has 2 nitrogen and oxygen atoms in total. The molecule has 98 valence electrons. The molecule has 0 bridgehead atoms. The summed E-state index contributed by atoms with van der Waals surface area (Å²) in [5, 5.41) is 0. The summed E-state index contributed by atoms with van der Waals surface area (Å²) in [7, 11) is 3.34. The van der Waals surface area contributed by atoms with E-state index in [2.05, 4.69) is 28.1 Å². The van der Waals surface area contributed by atoms with Gasteiger partial charge in [0, 0.05) is 0 Å². The minimum atomic E-state index is 0.840. The molecule has 0 aliphatic heterocycles. The van der Waals surface area contributed by atoms with E-state index >= 15 is 0 Å². The van der Waals surface area contributed by atoms with Crippen molar-refractivity contribution in [3.05, 3.63) is 64.6 Å². The second kappa shape index (κ2) is 6.43. The van der Waals surface area contributed by atoms with Gasteiger partial charge in [-0.05, 0) is 46.0 Å². The van der Waals surface area contributed by atoms with Gasteiger partial charge in [0.1, 0.15) is 11.5 Å². The highest BCUT2D eigenvalue weighted by atomic mass is 79.9. The highest BCUT2D eigenvalue weighted by Gasteiger charge is 2.06. The minimum absolute atomic E-state index is 0.840. The van der Waals surface area contributed by atoms with Gasteiger partial charge < -0.3 is 9.47 Å². The molecular weight excluding hydrogens is 304 g/mol. The molecule has 0 radical (unpaired) electrons. The van der Waals surface area contributed by atoms with Gasteiger partial charge in [-0.2, -0.15) is 0 Å². The number of halogens is 1. The van der Waals surface area contributed by atoms with Crippen molar-refractivity contribution in [3.8, 4) is 11.5 Å². The molecule has 0 saturated heterocycles. The predicted octanol–water partition coefficient (Wildman–Crippen LogP) is 4.49. The molecule has 0 heterocycles. The van der Waals surface area contributed by atoms with Gasteiger partial charge in [-0.15, -0.1) is 0 Å². The minimum Gasteiger partial charge on any atom is -0.497 e. The Morgan fingerprint density at radius 3 is 1.74 bits per heavy atom. The van der Waals surface area contributed by atoms with Crippen LogP contribution in [-0.4, -0.2) is 14.2 Å². The number of ether oxygens (including phenoxy) is 2. The highest BCUT2D eigenvalue weighted by molar-refractivity contribution is 9.11. The SMILES string of the molecule is COc1cccc(C(=CBr)c2cccc(OC)c2)c1. The van der Waals surface area contributed by atoms with E-state index in [-0.39, 0.29) is 0 Å². The highest BCUT2D eigenvalue weighted by Crippen LogP contribution is 2.29. The Morgan fingerprint density at radius 2 is 1.37 bits per heavy atom. The first-order valence-electron chi connectivity index (χ1n) is 5.87. The molecule has 0 unspecified atom stereocenters. The molecule has 0 aliphatic carbocycles. The molecule has 0 saturated carbocycles. The van der Waals surface area contributed by atoms with Crippen LogP contribution in [0.4, 0.5) is 0 Å². The van der Waals surface area contributed by atoms with Gasteiger partial charge in [0.05, 0.1) is 14.2 Å². The molecule has 2 aromatic rings. The van der Waals surface area contributed by atoms with Crippen molar-refractivity contribution in [3.63, 3.8) is 0 Å². The molecule has 0 N–H and O–H groups in total. The molecule has 19 heavy (non-hydrogen) atoms. The monoisotopic (exact) mass is 318 g/mol. The average Bonchev–Trinajstić information content (AvgIpc) is 2.48. The average molecular weight is 319 g/mol. The second-order valence-corrected chi connectivity index (χ2v) is 4.44. The zero-order valence-corrected chi connectivity index (χ0v) is 12.5. The molecular formula is C16H15BrO2. The summed E-state index contributed by atoms with van der Waals surface area (Å²) in [6, 6.07) is 15.9. The van der Waals surface area contributed by atoms with Gasteiger partial charge >= 0.3 is 0 Å². The molecule has 0 spiro atoms. The molecule has 0 fully saturated rings. The normalized spacial score (nSPS) is 9.84. The smallest absolute Gasteiger partial charge is 0.119 e. The number of hydrogen-bond acceptors (Lipinski definition) is 2. The second-order valence-electron chi connectivity index (χ2n) is 3.99. The van der Waals surface area contributed by atoms with Crippen molar-refractivity contribution in [1.29, 1.82) is 0 Å². The molecule has 2 rings (SSSR count). The van der Waals surface area contributed by atoms with Crippen LogP contribution in [0.15, 0.2) is 53.5 Å². The van der Waals surface area contributed by atoms with Crippen molar-refractivity contribution in [2.75, 3.05) is 14.2 Å². The first-order chi connectivity index (χ1) is 9.28. The van der Waals surface area contributed by atoms with E-state index in [4.69, 9.17) is 9.47 Å². The largest absolute Gasteiger partial charge is 0.497 e. The molecule has 0 aromatic heterocycles. The van der Waals surface area contributed by atoms with E-state index in [0.29, 0.717) is 0 Å². The van der Waals surface area contributed by atoms with E-state index < -0.39 is 0 Å². The lowest BCUT2D eigenvalue weighted by Gasteiger charge is -2.10. The van der Waals surface area contributed by atoms with Crippen LogP contribution in [0, 0.1) is 0 Å². The van der Waals surface area contributed by atoms with Crippen LogP contribution in [-0.2, 0) is 0 Å². The third-order valence-electron chi connectivity index (χ3n) is 2.87. The summed E-state index contributed by atoms with van der Waals surface area (Å²) in [5.74, 6) is 1.68. The van der Waals surface area contributed by atoms with Crippen molar-refractivity contribution >= 4 is 21.5 Å². The van der Waals surface area contributed by atoms with Gasteiger partial charge in [0.2, 0.25) is 0 Å². The summed E-state index contributed by atoms with van der Waals surface area (Å²) in [4.78, 5) is 1.91. The number of hydrogen-bond donors (Lipinski definition) is 0. The summed E-state index contributed by atoms with van der Waals surface area (Å²) in [6.45, 7) is 0. The standard InChI is InChI=1S/C16H15BrO2/c1-18-14-7-3-5-12(9-14)16(11-17)13-6-4-8-15(10-13)19-2/h3-11H,1-2H3. The van der Waals surface area contributed by atoms with Crippen LogP contribution in [0.1, 0.15) is 11.1 Å². The Morgan fingerprint density at radius 1 is 0.895 bits per heavy atom. The Balaban J connectivity index is 2.44. The first-order valence-corrected chi connectivity index (χ1v) is 6.79. The Hall–Kier alpha value is -1.74. The van der Waals surface area contributed by atoms with E-state index in [0.717, 1.165) is 28.2 Å². The van der Waals surface area contributed by atoms with Crippen molar-refractivity contribution in [1.82, 2.24) is 0 Å². The molecule has 0 amide bonds. The lowest BCUT2D eigenvalue weighted by molar-refractivity contribution is 0.414. The fraction of sp³-hybridized carbons (Fsp3) is 0.125. The van der Waals surface area contributed by atoms with Crippen LogP contribution < -0.4 is 9.47 Å². The Bertz CT molecular complexity index is 541. The summed E-state index contributed by atoms with van der Waals surface area (Å²) < 4.78 is 10.5. The van der Waals surface area contributed by atoms with Crippen LogP contribution in [0.2, 0.25) is 0 Å². The van der Waals surface area contributed by atoms with E-state index in [9.17, 15) is 0 Å². The molecule has 2 aromatic carbocycles. The van der Waals surface area contributed by atoms with Crippen molar-refractivity contribution < 1.29 is 9.47 Å². The fourth-order valence-corrected chi connectivity index (χ4v) is 2.40. The number of rotatable bonds is 4. The zero-order chi connectivity index (χ0) is 13.7. The van der Waals surface area contributed by atoms with Gasteiger partial charge in [0.15, 0.2) is 0 Å². The lowest BCUT2D eigenvalue weighted by Crippen LogP contribution is -1.90.